The lowest BCUT2D eigenvalue weighted by Crippen LogP contribution is -2.28. The summed E-state index contributed by atoms with van der Waals surface area (Å²) < 4.78 is 12.5. The van der Waals surface area contributed by atoms with Crippen LogP contribution in [0, 0.1) is 0 Å². The van der Waals surface area contributed by atoms with E-state index in [1.165, 1.54) is 11.8 Å². The van der Waals surface area contributed by atoms with Gasteiger partial charge < -0.3 is 24.7 Å². The Hall–Kier alpha value is -3.24. The van der Waals surface area contributed by atoms with E-state index in [1.54, 1.807) is 42.5 Å². The maximum Gasteiger partial charge on any atom is 0.251 e. The summed E-state index contributed by atoms with van der Waals surface area (Å²) in [6, 6.07) is 11.5. The smallest absolute Gasteiger partial charge is 0.251 e. The molecule has 0 saturated carbocycles. The molecule has 0 spiro atoms. The van der Waals surface area contributed by atoms with Crippen molar-refractivity contribution in [3.05, 3.63) is 58.9 Å². The van der Waals surface area contributed by atoms with Crippen molar-refractivity contribution in [3.63, 3.8) is 0 Å². The minimum absolute atomic E-state index is 0.151. The van der Waals surface area contributed by atoms with Gasteiger partial charge in [0.15, 0.2) is 22.5 Å². The van der Waals surface area contributed by atoms with E-state index < -0.39 is 0 Å². The van der Waals surface area contributed by atoms with Gasteiger partial charge in [-0.15, -0.1) is 10.2 Å². The van der Waals surface area contributed by atoms with Crippen molar-refractivity contribution < 1.29 is 19.1 Å². The molecule has 4 rings (SSSR count). The van der Waals surface area contributed by atoms with Crippen molar-refractivity contribution in [2.45, 2.75) is 31.6 Å². The first kappa shape index (κ1) is 22.9. The van der Waals surface area contributed by atoms with Crippen LogP contribution < -0.4 is 20.1 Å². The number of thioether (sulfide) groups is 1. The first-order chi connectivity index (χ1) is 15.9. The minimum atomic E-state index is -0.377. The highest BCUT2D eigenvalue weighted by atomic mass is 35.5. The maximum absolute atomic E-state index is 12.5. The molecule has 0 aliphatic carbocycles. The number of anilines is 1. The molecule has 9 nitrogen and oxygen atoms in total. The number of nitrogens with one attached hydrogen (secondary N) is 2. The van der Waals surface area contributed by atoms with E-state index in [-0.39, 0.29) is 30.4 Å². The monoisotopic (exact) mass is 487 g/mol. The highest BCUT2D eigenvalue weighted by molar-refractivity contribution is 7.99. The molecular weight excluding hydrogens is 466 g/mol. The van der Waals surface area contributed by atoms with Crippen molar-refractivity contribution in [1.82, 2.24) is 20.1 Å². The van der Waals surface area contributed by atoms with E-state index >= 15 is 0 Å². The van der Waals surface area contributed by atoms with Crippen LogP contribution in [0.15, 0.2) is 47.6 Å². The number of ether oxygens (including phenoxy) is 2. The van der Waals surface area contributed by atoms with Gasteiger partial charge in [-0.1, -0.05) is 23.4 Å². The van der Waals surface area contributed by atoms with Crippen molar-refractivity contribution in [1.29, 1.82) is 0 Å². The van der Waals surface area contributed by atoms with Crippen LogP contribution in [0.2, 0.25) is 5.02 Å². The molecule has 2 amide bonds. The second-order valence-electron chi connectivity index (χ2n) is 7.19. The second kappa shape index (κ2) is 10.1. The van der Waals surface area contributed by atoms with Gasteiger partial charge in [-0.3, -0.25) is 9.59 Å². The standard InChI is InChI=1S/C22H22ClN5O4S/c1-3-28-20(13(2)24-21(30)14-4-6-15(23)7-5-14)26-27-22(28)33-11-19(29)25-16-8-9-17-18(10-16)32-12-31-17/h4-10,13H,3,11-12H2,1-2H3,(H,24,30)(H,25,29). The number of amides is 2. The molecule has 33 heavy (non-hydrogen) atoms. The van der Waals surface area contributed by atoms with Crippen LogP contribution in [0.3, 0.4) is 0 Å². The van der Waals surface area contributed by atoms with Crippen molar-refractivity contribution in [2.75, 3.05) is 17.9 Å². The number of hydrogen-bond acceptors (Lipinski definition) is 7. The number of hydrogen-bond donors (Lipinski definition) is 2. The number of nitrogens with zero attached hydrogens (tertiary/aromatic N) is 3. The van der Waals surface area contributed by atoms with Crippen LogP contribution >= 0.6 is 23.4 Å². The molecular formula is C22H22ClN5O4S. The lowest BCUT2D eigenvalue weighted by atomic mass is 10.2. The van der Waals surface area contributed by atoms with Gasteiger partial charge in [0.2, 0.25) is 12.7 Å². The van der Waals surface area contributed by atoms with Gasteiger partial charge in [-0.05, 0) is 50.2 Å². The van der Waals surface area contributed by atoms with Crippen LogP contribution in [0.4, 0.5) is 5.69 Å². The summed E-state index contributed by atoms with van der Waals surface area (Å²) in [5, 5.41) is 15.4. The lowest BCUT2D eigenvalue weighted by Gasteiger charge is -2.15. The fourth-order valence-electron chi connectivity index (χ4n) is 3.27. The quantitative estimate of drug-likeness (QED) is 0.464. The number of rotatable bonds is 8. The van der Waals surface area contributed by atoms with Crippen molar-refractivity contribution in [2.24, 2.45) is 0 Å². The molecule has 0 radical (unpaired) electrons. The topological polar surface area (TPSA) is 107 Å². The predicted molar refractivity (Wildman–Crippen MR) is 125 cm³/mol. The largest absolute Gasteiger partial charge is 0.454 e. The Morgan fingerprint density at radius 1 is 1.15 bits per heavy atom. The Balaban J connectivity index is 1.36. The van der Waals surface area contributed by atoms with Gasteiger partial charge in [0.25, 0.3) is 5.91 Å². The zero-order valence-electron chi connectivity index (χ0n) is 18.0. The van der Waals surface area contributed by atoms with E-state index in [0.717, 1.165) is 0 Å². The lowest BCUT2D eigenvalue weighted by molar-refractivity contribution is -0.113. The maximum atomic E-state index is 12.5. The van der Waals surface area contributed by atoms with E-state index in [1.807, 2.05) is 18.4 Å². The highest BCUT2D eigenvalue weighted by Gasteiger charge is 2.20. The SMILES string of the molecule is CCn1c(SCC(=O)Nc2ccc3c(c2)OCO3)nnc1C(C)NC(=O)c1ccc(Cl)cc1. The Kier molecular flexibility index (Phi) is 7.05. The summed E-state index contributed by atoms with van der Waals surface area (Å²) in [5.74, 6) is 1.60. The Bertz CT molecular complexity index is 1170. The number of aromatic nitrogens is 3. The molecule has 1 unspecified atom stereocenters. The molecule has 172 valence electrons. The normalized spacial score (nSPS) is 12.9. The number of carbonyl (C=O) groups is 2. The van der Waals surface area contributed by atoms with Gasteiger partial charge in [0.1, 0.15) is 0 Å². The van der Waals surface area contributed by atoms with Crippen LogP contribution in [0.1, 0.15) is 36.1 Å². The molecule has 2 aromatic carbocycles. The van der Waals surface area contributed by atoms with Crippen molar-refractivity contribution >= 4 is 40.9 Å². The van der Waals surface area contributed by atoms with Crippen LogP contribution in [0.25, 0.3) is 0 Å². The number of carbonyl (C=O) groups excluding carboxylic acids is 2. The zero-order valence-corrected chi connectivity index (χ0v) is 19.6. The van der Waals surface area contributed by atoms with Crippen molar-refractivity contribution in [3.8, 4) is 11.5 Å². The highest BCUT2D eigenvalue weighted by Crippen LogP contribution is 2.34. The third-order valence-corrected chi connectivity index (χ3v) is 6.11. The minimum Gasteiger partial charge on any atom is -0.454 e. The number of fused-ring (bicyclic) bond motifs is 1. The van der Waals surface area contributed by atoms with E-state index in [9.17, 15) is 9.59 Å². The van der Waals surface area contributed by atoms with Gasteiger partial charge in [-0.25, -0.2) is 0 Å². The Labute approximate surface area is 199 Å². The van der Waals surface area contributed by atoms with Gasteiger partial charge in [-0.2, -0.15) is 0 Å². The fourth-order valence-corrected chi connectivity index (χ4v) is 4.21. The molecule has 2 N–H and O–H groups in total. The average molecular weight is 488 g/mol. The molecule has 11 heteroatoms. The summed E-state index contributed by atoms with van der Waals surface area (Å²) in [6.07, 6.45) is 0. The summed E-state index contributed by atoms with van der Waals surface area (Å²) in [7, 11) is 0. The zero-order chi connectivity index (χ0) is 23.4. The Morgan fingerprint density at radius 2 is 1.91 bits per heavy atom. The fraction of sp³-hybridized carbons (Fsp3) is 0.273. The van der Waals surface area contributed by atoms with Gasteiger partial charge >= 0.3 is 0 Å². The average Bonchev–Trinajstić information content (AvgIpc) is 3.44. The van der Waals surface area contributed by atoms with Gasteiger partial charge in [0.05, 0.1) is 11.8 Å². The molecule has 1 aliphatic rings. The predicted octanol–water partition coefficient (Wildman–Crippen LogP) is 3.90. The van der Waals surface area contributed by atoms with Crippen LogP contribution in [-0.2, 0) is 11.3 Å². The Morgan fingerprint density at radius 3 is 2.67 bits per heavy atom. The van der Waals surface area contributed by atoms with Gasteiger partial charge in [0, 0.05) is 28.9 Å². The molecule has 0 bridgehead atoms. The summed E-state index contributed by atoms with van der Waals surface area (Å²) in [4.78, 5) is 24.9. The van der Waals surface area contributed by atoms with E-state index in [2.05, 4.69) is 20.8 Å². The molecule has 3 aromatic rings. The summed E-state index contributed by atoms with van der Waals surface area (Å²) in [6.45, 7) is 4.56. The molecule has 0 fully saturated rings. The van der Waals surface area contributed by atoms with Crippen LogP contribution in [0.5, 0.6) is 11.5 Å². The molecule has 0 saturated heterocycles. The second-order valence-corrected chi connectivity index (χ2v) is 8.57. The molecule has 1 atom stereocenters. The number of halogens is 1. The summed E-state index contributed by atoms with van der Waals surface area (Å²) in [5.41, 5.74) is 1.13. The van der Waals surface area contributed by atoms with Crippen LogP contribution in [-0.4, -0.2) is 39.1 Å². The first-order valence-corrected chi connectivity index (χ1v) is 11.6. The first-order valence-electron chi connectivity index (χ1n) is 10.3. The third-order valence-electron chi connectivity index (χ3n) is 4.89. The molecule has 2 heterocycles. The van der Waals surface area contributed by atoms with E-state index in [0.29, 0.717) is 45.3 Å². The van der Waals surface area contributed by atoms with E-state index in [4.69, 9.17) is 21.1 Å². The summed E-state index contributed by atoms with van der Waals surface area (Å²) >= 11 is 7.16. The molecule has 1 aromatic heterocycles. The molecule has 1 aliphatic heterocycles. The third kappa shape index (κ3) is 5.40. The number of benzene rings is 2.